The average Bonchev–Trinajstić information content (AvgIpc) is 2.89. The molecule has 6 heteroatoms. The van der Waals surface area contributed by atoms with E-state index in [9.17, 15) is 4.39 Å². The van der Waals surface area contributed by atoms with E-state index in [0.29, 0.717) is 18.0 Å². The molecule has 0 saturated heterocycles. The molecule has 0 radical (unpaired) electrons. The Kier molecular flexibility index (Phi) is 3.30. The Labute approximate surface area is 114 Å². The number of aromatic nitrogens is 3. The van der Waals surface area contributed by atoms with Crippen LogP contribution < -0.4 is 5.32 Å². The van der Waals surface area contributed by atoms with Crippen LogP contribution >= 0.6 is 0 Å². The van der Waals surface area contributed by atoms with Crippen LogP contribution in [-0.4, -0.2) is 32.9 Å². The third-order valence-corrected chi connectivity index (χ3v) is 2.92. The topological polar surface area (TPSA) is 62.5 Å². The van der Waals surface area contributed by atoms with Crippen molar-refractivity contribution in [1.29, 1.82) is 0 Å². The lowest BCUT2D eigenvalue weighted by Crippen LogP contribution is -2.08. The summed E-state index contributed by atoms with van der Waals surface area (Å²) in [5.74, 6) is 0.369. The lowest BCUT2D eigenvalue weighted by atomic mass is 10.2. The third kappa shape index (κ3) is 2.33. The van der Waals surface area contributed by atoms with Crippen LogP contribution in [-0.2, 0) is 0 Å². The molecular formula is C14H13FN4O. The highest BCUT2D eigenvalue weighted by molar-refractivity contribution is 5.63. The summed E-state index contributed by atoms with van der Waals surface area (Å²) in [6, 6.07) is 9.82. The van der Waals surface area contributed by atoms with Gasteiger partial charge in [-0.05, 0) is 36.4 Å². The zero-order valence-corrected chi connectivity index (χ0v) is 10.6. The molecule has 0 bridgehead atoms. The van der Waals surface area contributed by atoms with Gasteiger partial charge in [0, 0.05) is 12.1 Å². The van der Waals surface area contributed by atoms with Crippen LogP contribution in [0.4, 0.5) is 10.2 Å². The minimum atomic E-state index is -0.277. The first-order valence-electron chi connectivity index (χ1n) is 6.23. The number of rotatable bonds is 4. The molecular weight excluding hydrogens is 259 g/mol. The molecule has 0 aliphatic carbocycles. The van der Waals surface area contributed by atoms with Crippen LogP contribution in [0.25, 0.3) is 16.9 Å². The quantitative estimate of drug-likeness (QED) is 0.762. The molecule has 5 nitrogen and oxygen atoms in total. The number of aliphatic hydroxyl groups excluding tert-OH is 1. The summed E-state index contributed by atoms with van der Waals surface area (Å²) in [6.07, 6.45) is 1.70. The van der Waals surface area contributed by atoms with Gasteiger partial charge in [-0.25, -0.2) is 13.9 Å². The summed E-state index contributed by atoms with van der Waals surface area (Å²) in [6.45, 7) is 0.466. The van der Waals surface area contributed by atoms with Crippen molar-refractivity contribution in [2.24, 2.45) is 0 Å². The third-order valence-electron chi connectivity index (χ3n) is 2.92. The van der Waals surface area contributed by atoms with Crippen molar-refractivity contribution in [3.63, 3.8) is 0 Å². The lowest BCUT2D eigenvalue weighted by Gasteiger charge is -2.05. The van der Waals surface area contributed by atoms with Crippen LogP contribution in [0.2, 0.25) is 0 Å². The Morgan fingerprint density at radius 3 is 2.70 bits per heavy atom. The fourth-order valence-electron chi connectivity index (χ4n) is 1.97. The smallest absolute Gasteiger partial charge is 0.154 e. The van der Waals surface area contributed by atoms with Gasteiger partial charge in [0.1, 0.15) is 11.6 Å². The van der Waals surface area contributed by atoms with E-state index in [-0.39, 0.29) is 12.4 Å². The number of imidazole rings is 1. The number of hydrogen-bond acceptors (Lipinski definition) is 4. The molecule has 0 aliphatic heterocycles. The second-order valence-corrected chi connectivity index (χ2v) is 4.29. The monoisotopic (exact) mass is 272 g/mol. The van der Waals surface area contributed by atoms with Gasteiger partial charge in [0.05, 0.1) is 18.5 Å². The predicted molar refractivity (Wildman–Crippen MR) is 74.0 cm³/mol. The number of anilines is 1. The predicted octanol–water partition coefficient (Wildman–Crippen LogP) is 1.94. The second kappa shape index (κ2) is 5.26. The molecule has 0 unspecified atom stereocenters. The molecule has 3 rings (SSSR count). The van der Waals surface area contributed by atoms with Crippen molar-refractivity contribution in [2.75, 3.05) is 18.5 Å². The Balaban J connectivity index is 2.04. The molecule has 0 atom stereocenters. The molecule has 2 heterocycles. The zero-order chi connectivity index (χ0) is 13.9. The number of benzene rings is 1. The van der Waals surface area contributed by atoms with Gasteiger partial charge in [-0.15, -0.1) is 5.10 Å². The number of nitrogens with one attached hydrogen (secondary N) is 1. The van der Waals surface area contributed by atoms with E-state index in [1.54, 1.807) is 28.9 Å². The van der Waals surface area contributed by atoms with Gasteiger partial charge in [-0.2, -0.15) is 0 Å². The van der Waals surface area contributed by atoms with Gasteiger partial charge >= 0.3 is 0 Å². The van der Waals surface area contributed by atoms with Crippen molar-refractivity contribution < 1.29 is 9.50 Å². The van der Waals surface area contributed by atoms with Crippen LogP contribution in [0.15, 0.2) is 42.6 Å². The van der Waals surface area contributed by atoms with Crippen LogP contribution in [0.3, 0.4) is 0 Å². The first-order chi connectivity index (χ1) is 9.78. The van der Waals surface area contributed by atoms with Gasteiger partial charge in [0.25, 0.3) is 0 Å². The van der Waals surface area contributed by atoms with Crippen molar-refractivity contribution in [1.82, 2.24) is 14.6 Å². The molecule has 0 amide bonds. The Morgan fingerprint density at radius 2 is 1.95 bits per heavy atom. The number of aliphatic hydroxyl groups is 1. The first-order valence-corrected chi connectivity index (χ1v) is 6.23. The molecule has 3 aromatic rings. The molecule has 102 valence electrons. The number of halogens is 1. The van der Waals surface area contributed by atoms with E-state index in [1.165, 1.54) is 12.1 Å². The maximum absolute atomic E-state index is 13.0. The molecule has 20 heavy (non-hydrogen) atoms. The average molecular weight is 272 g/mol. The highest BCUT2D eigenvalue weighted by Gasteiger charge is 2.08. The van der Waals surface area contributed by atoms with Crippen LogP contribution in [0.1, 0.15) is 0 Å². The molecule has 1 aromatic carbocycles. The van der Waals surface area contributed by atoms with E-state index in [1.807, 2.05) is 6.07 Å². The van der Waals surface area contributed by atoms with Crippen molar-refractivity contribution in [2.45, 2.75) is 0 Å². The summed E-state index contributed by atoms with van der Waals surface area (Å²) < 4.78 is 14.7. The highest BCUT2D eigenvalue weighted by Crippen LogP contribution is 2.21. The highest BCUT2D eigenvalue weighted by atomic mass is 19.1. The summed E-state index contributed by atoms with van der Waals surface area (Å²) in [4.78, 5) is 4.27. The van der Waals surface area contributed by atoms with Crippen LogP contribution in [0, 0.1) is 5.82 Å². The van der Waals surface area contributed by atoms with Crippen molar-refractivity contribution in [3.05, 3.63) is 48.4 Å². The zero-order valence-electron chi connectivity index (χ0n) is 10.6. The standard InChI is InChI=1S/C14H13FN4O/c15-11-3-1-10(2-4-11)12-9-17-14-6-5-13(16-7-8-20)18-19(12)14/h1-6,9,20H,7-8H2,(H,16,18). The maximum atomic E-state index is 13.0. The summed E-state index contributed by atoms with van der Waals surface area (Å²) >= 11 is 0. The fraction of sp³-hybridized carbons (Fsp3) is 0.143. The van der Waals surface area contributed by atoms with E-state index in [2.05, 4.69) is 15.4 Å². The molecule has 0 fully saturated rings. The Hall–Kier alpha value is -2.47. The van der Waals surface area contributed by atoms with Gasteiger partial charge in [0.15, 0.2) is 5.65 Å². The van der Waals surface area contributed by atoms with Crippen LogP contribution in [0.5, 0.6) is 0 Å². The molecule has 2 N–H and O–H groups in total. The minimum Gasteiger partial charge on any atom is -0.395 e. The van der Waals surface area contributed by atoms with Gasteiger partial charge < -0.3 is 10.4 Å². The number of hydrogen-bond donors (Lipinski definition) is 2. The summed E-state index contributed by atoms with van der Waals surface area (Å²) in [7, 11) is 0. The Morgan fingerprint density at radius 1 is 1.15 bits per heavy atom. The maximum Gasteiger partial charge on any atom is 0.154 e. The molecule has 2 aromatic heterocycles. The Bertz CT molecular complexity index is 724. The van der Waals surface area contributed by atoms with Gasteiger partial charge in [-0.3, -0.25) is 0 Å². The summed E-state index contributed by atoms with van der Waals surface area (Å²) in [5.41, 5.74) is 2.33. The second-order valence-electron chi connectivity index (χ2n) is 4.29. The van der Waals surface area contributed by atoms with Crippen molar-refractivity contribution >= 4 is 11.5 Å². The van der Waals surface area contributed by atoms with E-state index < -0.39 is 0 Å². The summed E-state index contributed by atoms with van der Waals surface area (Å²) in [5, 5.41) is 16.2. The SMILES string of the molecule is OCCNc1ccc2ncc(-c3ccc(F)cc3)n2n1. The number of fused-ring (bicyclic) bond motifs is 1. The largest absolute Gasteiger partial charge is 0.395 e. The number of nitrogens with zero attached hydrogens (tertiary/aromatic N) is 3. The minimum absolute atomic E-state index is 0.0362. The molecule has 0 aliphatic rings. The fourth-order valence-corrected chi connectivity index (χ4v) is 1.97. The van der Waals surface area contributed by atoms with E-state index >= 15 is 0 Å². The molecule has 0 spiro atoms. The first kappa shape index (κ1) is 12.6. The normalized spacial score (nSPS) is 10.9. The van der Waals surface area contributed by atoms with Crippen molar-refractivity contribution in [3.8, 4) is 11.3 Å². The van der Waals surface area contributed by atoms with Gasteiger partial charge in [0.2, 0.25) is 0 Å². The molecule has 0 saturated carbocycles. The van der Waals surface area contributed by atoms with E-state index in [4.69, 9.17) is 5.11 Å². The lowest BCUT2D eigenvalue weighted by molar-refractivity contribution is 0.311. The van der Waals surface area contributed by atoms with Gasteiger partial charge in [-0.1, -0.05) is 0 Å². The van der Waals surface area contributed by atoms with E-state index in [0.717, 1.165) is 11.3 Å².